The predicted octanol–water partition coefficient (Wildman–Crippen LogP) is 3.37. The molecule has 0 amide bonds. The molecule has 0 N–H and O–H groups in total. The summed E-state index contributed by atoms with van der Waals surface area (Å²) in [7, 11) is -1.77. The van der Waals surface area contributed by atoms with E-state index in [0.717, 1.165) is 29.7 Å². The van der Waals surface area contributed by atoms with Gasteiger partial charge in [0.05, 0.1) is 12.9 Å². The smallest absolute Gasteiger partial charge is 0.199 e. The van der Waals surface area contributed by atoms with E-state index in [1.807, 2.05) is 24.3 Å². The van der Waals surface area contributed by atoms with Gasteiger partial charge in [-0.25, -0.2) is 13.4 Å². The Bertz CT molecular complexity index is 796. The summed E-state index contributed by atoms with van der Waals surface area (Å²) < 4.78 is 30.3. The van der Waals surface area contributed by atoms with Crippen LogP contribution in [-0.4, -0.2) is 26.3 Å². The van der Waals surface area contributed by atoms with Gasteiger partial charge in [0.2, 0.25) is 0 Å². The van der Waals surface area contributed by atoms with Crippen LogP contribution in [0.1, 0.15) is 24.3 Å². The summed E-state index contributed by atoms with van der Waals surface area (Å²) in [5.41, 5.74) is 2.09. The molecule has 1 atom stereocenters. The molecule has 5 heteroatoms. The maximum Gasteiger partial charge on any atom is 0.199 e. The molecule has 0 saturated heterocycles. The number of benzene rings is 1. The van der Waals surface area contributed by atoms with Crippen LogP contribution in [0.3, 0.4) is 0 Å². The van der Waals surface area contributed by atoms with E-state index < -0.39 is 9.84 Å². The van der Waals surface area contributed by atoms with Gasteiger partial charge >= 0.3 is 0 Å². The summed E-state index contributed by atoms with van der Waals surface area (Å²) in [5, 5.41) is 0.140. The molecule has 1 heterocycles. The van der Waals surface area contributed by atoms with Gasteiger partial charge in [0.25, 0.3) is 0 Å². The first-order valence-corrected chi connectivity index (χ1v) is 9.22. The lowest BCUT2D eigenvalue weighted by Gasteiger charge is -2.16. The fraction of sp³-hybridized carbons (Fsp3) is 0.278. The number of aromatic nitrogens is 1. The van der Waals surface area contributed by atoms with Crippen molar-refractivity contribution in [2.75, 3.05) is 12.9 Å². The fourth-order valence-corrected chi connectivity index (χ4v) is 4.38. The minimum Gasteiger partial charge on any atom is -0.497 e. The molecule has 0 spiro atoms. The minimum atomic E-state index is -3.40. The second-order valence-electron chi connectivity index (χ2n) is 5.61. The number of pyridine rings is 1. The van der Waals surface area contributed by atoms with Crippen molar-refractivity contribution in [3.8, 4) is 5.75 Å². The number of ether oxygens (including phenoxy) is 1. The third-order valence-electron chi connectivity index (χ3n) is 4.14. The second kappa shape index (κ2) is 6.54. The van der Waals surface area contributed by atoms with Crippen molar-refractivity contribution >= 4 is 9.84 Å². The molecule has 1 aliphatic carbocycles. The molecule has 4 nitrogen and oxygen atoms in total. The van der Waals surface area contributed by atoms with E-state index in [1.54, 1.807) is 25.3 Å². The fourth-order valence-electron chi connectivity index (χ4n) is 2.96. The Morgan fingerprint density at radius 1 is 1.17 bits per heavy atom. The van der Waals surface area contributed by atoms with E-state index in [-0.39, 0.29) is 16.7 Å². The molecule has 0 radical (unpaired) electrons. The Morgan fingerprint density at radius 3 is 2.61 bits per heavy atom. The van der Waals surface area contributed by atoms with Gasteiger partial charge in [-0.2, -0.15) is 0 Å². The molecule has 1 aromatic heterocycles. The van der Waals surface area contributed by atoms with Crippen LogP contribution >= 0.6 is 0 Å². The Morgan fingerprint density at radius 2 is 1.96 bits per heavy atom. The van der Waals surface area contributed by atoms with Crippen LogP contribution in [0.15, 0.2) is 65.3 Å². The van der Waals surface area contributed by atoms with Crippen molar-refractivity contribution in [2.24, 2.45) is 0 Å². The van der Waals surface area contributed by atoms with Crippen LogP contribution in [0.5, 0.6) is 5.75 Å². The van der Waals surface area contributed by atoms with Crippen molar-refractivity contribution in [3.63, 3.8) is 0 Å². The highest BCUT2D eigenvalue weighted by Crippen LogP contribution is 2.37. The predicted molar refractivity (Wildman–Crippen MR) is 89.3 cm³/mol. The lowest BCUT2D eigenvalue weighted by Crippen LogP contribution is -2.13. The number of rotatable bonds is 5. The average molecular weight is 329 g/mol. The topological polar surface area (TPSA) is 56.3 Å². The van der Waals surface area contributed by atoms with Crippen molar-refractivity contribution in [1.29, 1.82) is 0 Å². The average Bonchev–Trinajstić information content (AvgIpc) is 3.03. The van der Waals surface area contributed by atoms with E-state index in [9.17, 15) is 8.42 Å². The van der Waals surface area contributed by atoms with Crippen LogP contribution in [0.4, 0.5) is 0 Å². The Labute approximate surface area is 136 Å². The van der Waals surface area contributed by atoms with E-state index in [0.29, 0.717) is 0 Å². The summed E-state index contributed by atoms with van der Waals surface area (Å²) in [5.74, 6) is 0.985. The number of allylic oxidation sites excluding steroid dienone is 1. The molecule has 0 saturated carbocycles. The maximum atomic E-state index is 12.5. The summed E-state index contributed by atoms with van der Waals surface area (Å²) in [4.78, 5) is 3.98. The van der Waals surface area contributed by atoms with Crippen LogP contribution in [0.25, 0.3) is 0 Å². The van der Waals surface area contributed by atoms with Crippen molar-refractivity contribution in [1.82, 2.24) is 4.98 Å². The summed E-state index contributed by atoms with van der Waals surface area (Å²) in [6.07, 6.45) is 5.41. The van der Waals surface area contributed by atoms with Crippen LogP contribution in [0.2, 0.25) is 0 Å². The lowest BCUT2D eigenvalue weighted by atomic mass is 9.93. The first-order valence-electron chi connectivity index (χ1n) is 7.57. The first kappa shape index (κ1) is 15.7. The van der Waals surface area contributed by atoms with E-state index in [2.05, 4.69) is 11.1 Å². The second-order valence-corrected chi connectivity index (χ2v) is 7.55. The summed E-state index contributed by atoms with van der Waals surface area (Å²) >= 11 is 0. The molecular formula is C18H19NO3S. The molecule has 0 fully saturated rings. The Kier molecular flexibility index (Phi) is 4.48. The molecule has 1 aliphatic rings. The SMILES string of the molecule is COc1ccc(C2CCC=C2CS(=O)(=O)c2ccccn2)cc1. The quantitative estimate of drug-likeness (QED) is 0.789. The standard InChI is InChI=1S/C18H19NO3S/c1-22-16-10-8-14(9-11-16)17-6-4-5-15(17)13-23(20,21)18-7-2-3-12-19-18/h2-3,5,7-12,17H,4,6,13H2,1H3. The molecule has 3 rings (SSSR count). The number of nitrogens with zero attached hydrogens (tertiary/aromatic N) is 1. The molecule has 1 aromatic carbocycles. The van der Waals surface area contributed by atoms with Gasteiger partial charge < -0.3 is 4.74 Å². The zero-order valence-electron chi connectivity index (χ0n) is 13.0. The Balaban J connectivity index is 1.82. The van der Waals surface area contributed by atoms with Crippen molar-refractivity contribution in [3.05, 3.63) is 65.9 Å². The van der Waals surface area contributed by atoms with Crippen LogP contribution < -0.4 is 4.74 Å². The third kappa shape index (κ3) is 3.45. The summed E-state index contributed by atoms with van der Waals surface area (Å²) in [6, 6.07) is 12.8. The number of hydrogen-bond donors (Lipinski definition) is 0. The molecule has 120 valence electrons. The van der Waals surface area contributed by atoms with Gasteiger partial charge in [-0.05, 0) is 42.7 Å². The van der Waals surface area contributed by atoms with Crippen molar-refractivity contribution in [2.45, 2.75) is 23.8 Å². The largest absolute Gasteiger partial charge is 0.497 e. The highest BCUT2D eigenvalue weighted by Gasteiger charge is 2.27. The van der Waals surface area contributed by atoms with E-state index >= 15 is 0 Å². The monoisotopic (exact) mass is 329 g/mol. The lowest BCUT2D eigenvalue weighted by molar-refractivity contribution is 0.414. The third-order valence-corrected chi connectivity index (χ3v) is 5.73. The van der Waals surface area contributed by atoms with Gasteiger partial charge in [0, 0.05) is 12.1 Å². The normalized spacial score (nSPS) is 17.8. The number of hydrogen-bond acceptors (Lipinski definition) is 4. The highest BCUT2D eigenvalue weighted by molar-refractivity contribution is 7.91. The summed E-state index contributed by atoms with van der Waals surface area (Å²) in [6.45, 7) is 0. The van der Waals surface area contributed by atoms with Crippen LogP contribution in [0, 0.1) is 0 Å². The zero-order valence-corrected chi connectivity index (χ0v) is 13.8. The van der Waals surface area contributed by atoms with Crippen LogP contribution in [-0.2, 0) is 9.84 Å². The molecule has 2 aromatic rings. The first-order chi connectivity index (χ1) is 11.1. The molecular weight excluding hydrogens is 310 g/mol. The van der Waals surface area contributed by atoms with Crippen molar-refractivity contribution < 1.29 is 13.2 Å². The van der Waals surface area contributed by atoms with Gasteiger partial charge in [0.1, 0.15) is 5.75 Å². The molecule has 0 aliphatic heterocycles. The molecule has 1 unspecified atom stereocenters. The number of methoxy groups -OCH3 is 1. The minimum absolute atomic E-state index is 0.0285. The van der Waals surface area contributed by atoms with Gasteiger partial charge in [-0.1, -0.05) is 29.8 Å². The maximum absolute atomic E-state index is 12.5. The molecule has 0 bridgehead atoms. The van der Waals surface area contributed by atoms with Gasteiger partial charge in [-0.3, -0.25) is 0 Å². The van der Waals surface area contributed by atoms with Gasteiger partial charge in [0.15, 0.2) is 14.9 Å². The van der Waals surface area contributed by atoms with E-state index in [4.69, 9.17) is 4.74 Å². The molecule has 23 heavy (non-hydrogen) atoms. The Hall–Kier alpha value is -2.14. The van der Waals surface area contributed by atoms with E-state index in [1.165, 1.54) is 6.20 Å². The van der Waals surface area contributed by atoms with Gasteiger partial charge in [-0.15, -0.1) is 0 Å². The highest BCUT2D eigenvalue weighted by atomic mass is 32.2. The zero-order chi connectivity index (χ0) is 16.3. The number of sulfone groups is 1.